The molecule has 152 valence electrons. The highest BCUT2D eigenvalue weighted by molar-refractivity contribution is 5.90. The number of carbonyl (C=O) groups excluding carboxylic acids is 2. The number of nitrogens with one attached hydrogen (secondary N) is 1. The van der Waals surface area contributed by atoms with Gasteiger partial charge in [0.25, 0.3) is 0 Å². The van der Waals surface area contributed by atoms with Crippen LogP contribution in [0.3, 0.4) is 0 Å². The second-order valence-corrected chi connectivity index (χ2v) is 7.72. The van der Waals surface area contributed by atoms with Gasteiger partial charge in [0.15, 0.2) is 11.6 Å². The molecule has 9 heteroatoms. The van der Waals surface area contributed by atoms with Crippen LogP contribution in [0.15, 0.2) is 12.1 Å². The fourth-order valence-corrected chi connectivity index (χ4v) is 4.52. The maximum Gasteiger partial charge on any atom is 0.414 e. The Morgan fingerprint density at radius 1 is 1.25 bits per heavy atom. The molecule has 0 radical (unpaired) electrons. The van der Waals surface area contributed by atoms with E-state index in [0.717, 1.165) is 18.6 Å². The number of rotatable bonds is 6. The van der Waals surface area contributed by atoms with Crippen molar-refractivity contribution in [2.45, 2.75) is 19.4 Å². The maximum absolute atomic E-state index is 14.7. The summed E-state index contributed by atoms with van der Waals surface area (Å²) in [7, 11) is 0. The molecule has 4 rings (SSSR count). The Morgan fingerprint density at radius 2 is 1.89 bits per heavy atom. The van der Waals surface area contributed by atoms with Crippen LogP contribution in [0, 0.1) is 29.4 Å². The molecule has 7 nitrogen and oxygen atoms in total. The molecule has 1 aliphatic carbocycles. The molecule has 28 heavy (non-hydrogen) atoms. The predicted octanol–water partition coefficient (Wildman–Crippen LogP) is 1.49. The third-order valence-electron chi connectivity index (χ3n) is 5.92. The van der Waals surface area contributed by atoms with Gasteiger partial charge < -0.3 is 20.1 Å². The predicted molar refractivity (Wildman–Crippen MR) is 97.0 cm³/mol. The Bertz CT molecular complexity index is 770. The minimum absolute atomic E-state index is 0.0685. The number of fused-ring (bicyclic) bond motifs is 1. The van der Waals surface area contributed by atoms with Crippen molar-refractivity contribution in [2.75, 3.05) is 42.6 Å². The summed E-state index contributed by atoms with van der Waals surface area (Å²) in [6, 6.07) is 2.30. The number of aliphatic hydroxyl groups excluding tert-OH is 1. The second-order valence-electron chi connectivity index (χ2n) is 7.72. The van der Waals surface area contributed by atoms with E-state index in [1.165, 1.54) is 11.8 Å². The molecule has 3 unspecified atom stereocenters. The lowest BCUT2D eigenvalue weighted by atomic mass is 10.1. The Hall–Kier alpha value is -2.42. The van der Waals surface area contributed by atoms with Gasteiger partial charge in [0.05, 0.1) is 18.8 Å². The van der Waals surface area contributed by atoms with E-state index in [4.69, 9.17) is 9.84 Å². The number of cyclic esters (lactones) is 1. The number of anilines is 2. The zero-order valence-corrected chi connectivity index (χ0v) is 15.5. The summed E-state index contributed by atoms with van der Waals surface area (Å²) < 4.78 is 34.6. The van der Waals surface area contributed by atoms with E-state index >= 15 is 0 Å². The van der Waals surface area contributed by atoms with Crippen LogP contribution >= 0.6 is 0 Å². The summed E-state index contributed by atoms with van der Waals surface area (Å²) in [6.45, 7) is 2.90. The van der Waals surface area contributed by atoms with E-state index in [9.17, 15) is 18.4 Å². The fraction of sp³-hybridized carbons (Fsp3) is 0.579. The highest BCUT2D eigenvalue weighted by Crippen LogP contribution is 2.54. The molecule has 1 aromatic rings. The molecule has 3 atom stereocenters. The Morgan fingerprint density at radius 3 is 2.46 bits per heavy atom. The van der Waals surface area contributed by atoms with Crippen LogP contribution in [0.4, 0.5) is 25.0 Å². The van der Waals surface area contributed by atoms with Gasteiger partial charge in [-0.25, -0.2) is 13.6 Å². The molecule has 3 aliphatic rings. The third-order valence-corrected chi connectivity index (χ3v) is 5.92. The smallest absolute Gasteiger partial charge is 0.414 e. The number of carbonyl (C=O) groups is 2. The van der Waals surface area contributed by atoms with E-state index in [2.05, 4.69) is 5.32 Å². The molecule has 0 aromatic heterocycles. The lowest BCUT2D eigenvalue weighted by Gasteiger charge is -2.24. The summed E-state index contributed by atoms with van der Waals surface area (Å²) in [5, 5.41) is 11.6. The lowest BCUT2D eigenvalue weighted by Crippen LogP contribution is -2.33. The van der Waals surface area contributed by atoms with Crippen LogP contribution < -0.4 is 15.1 Å². The summed E-state index contributed by atoms with van der Waals surface area (Å²) in [6.07, 6.45) is -0.531. The van der Waals surface area contributed by atoms with Crippen LogP contribution in [0.5, 0.6) is 0 Å². The first-order valence-corrected chi connectivity index (χ1v) is 9.46. The van der Waals surface area contributed by atoms with Crippen molar-refractivity contribution in [2.24, 2.45) is 17.8 Å². The first-order chi connectivity index (χ1) is 13.4. The Kier molecular flexibility index (Phi) is 4.86. The molecule has 2 saturated heterocycles. The summed E-state index contributed by atoms with van der Waals surface area (Å²) in [5.41, 5.74) is 0.0256. The minimum atomic E-state index is -0.715. The molecule has 2 amide bonds. The first kappa shape index (κ1) is 18.9. The number of nitrogens with zero attached hydrogens (tertiary/aromatic N) is 2. The van der Waals surface area contributed by atoms with Crippen molar-refractivity contribution in [1.29, 1.82) is 0 Å². The average Bonchev–Trinajstić information content (AvgIpc) is 2.96. The number of hydrogen-bond acceptors (Lipinski definition) is 5. The summed E-state index contributed by atoms with van der Waals surface area (Å²) >= 11 is 0. The monoisotopic (exact) mass is 395 g/mol. The molecule has 3 fully saturated rings. The van der Waals surface area contributed by atoms with Crippen molar-refractivity contribution in [3.8, 4) is 0 Å². The van der Waals surface area contributed by atoms with Gasteiger partial charge in [0.1, 0.15) is 11.8 Å². The Labute approximate surface area is 161 Å². The molecular weight excluding hydrogens is 372 g/mol. The standard InChI is InChI=1S/C19H23F2N3O4/c1-10(26)22-6-12-7-24(19(27)28-12)11-4-16(20)18(17(21)5-11)23-8-14-13(2-3-25)15(14)9-23/h4-5,12-15,25H,2-3,6-9H2,1H3,(H,22,26). The van der Waals surface area contributed by atoms with Gasteiger partial charge in [-0.1, -0.05) is 0 Å². The summed E-state index contributed by atoms with van der Waals surface area (Å²) in [4.78, 5) is 25.9. The van der Waals surface area contributed by atoms with Gasteiger partial charge in [-0.3, -0.25) is 9.69 Å². The van der Waals surface area contributed by atoms with Crippen LogP contribution in [-0.2, 0) is 9.53 Å². The highest BCUT2D eigenvalue weighted by Gasteiger charge is 2.55. The number of hydrogen-bond donors (Lipinski definition) is 2. The van der Waals surface area contributed by atoms with Gasteiger partial charge in [-0.15, -0.1) is 0 Å². The van der Waals surface area contributed by atoms with Crippen molar-refractivity contribution in [3.63, 3.8) is 0 Å². The van der Waals surface area contributed by atoms with Crippen LogP contribution in [0.2, 0.25) is 0 Å². The number of amides is 2. The van der Waals surface area contributed by atoms with Gasteiger partial charge >= 0.3 is 6.09 Å². The lowest BCUT2D eigenvalue weighted by molar-refractivity contribution is -0.119. The second kappa shape index (κ2) is 7.20. The highest BCUT2D eigenvalue weighted by atomic mass is 19.1. The van der Waals surface area contributed by atoms with Crippen molar-refractivity contribution < 1.29 is 28.2 Å². The molecule has 1 aromatic carbocycles. The maximum atomic E-state index is 14.7. The van der Waals surface area contributed by atoms with Crippen molar-refractivity contribution >= 4 is 23.4 Å². The third kappa shape index (κ3) is 3.39. The number of halogens is 2. The van der Waals surface area contributed by atoms with Gasteiger partial charge in [0, 0.05) is 38.8 Å². The zero-order valence-electron chi connectivity index (χ0n) is 15.5. The molecule has 2 N–H and O–H groups in total. The van der Waals surface area contributed by atoms with E-state index in [1.54, 1.807) is 4.90 Å². The van der Waals surface area contributed by atoms with E-state index in [0.29, 0.717) is 30.8 Å². The fourth-order valence-electron chi connectivity index (χ4n) is 4.52. The van der Waals surface area contributed by atoms with Crippen LogP contribution in [0.25, 0.3) is 0 Å². The largest absolute Gasteiger partial charge is 0.442 e. The van der Waals surface area contributed by atoms with Crippen LogP contribution in [0.1, 0.15) is 13.3 Å². The van der Waals surface area contributed by atoms with Crippen molar-refractivity contribution in [3.05, 3.63) is 23.8 Å². The molecule has 1 saturated carbocycles. The Balaban J connectivity index is 1.45. The molecule has 0 spiro atoms. The number of piperidine rings is 1. The average molecular weight is 395 g/mol. The summed E-state index contributed by atoms with van der Waals surface area (Å²) in [5.74, 6) is -0.462. The first-order valence-electron chi connectivity index (χ1n) is 9.46. The minimum Gasteiger partial charge on any atom is -0.442 e. The number of ether oxygens (including phenoxy) is 1. The normalized spacial score (nSPS) is 28.4. The van der Waals surface area contributed by atoms with Gasteiger partial charge in [-0.2, -0.15) is 0 Å². The van der Waals surface area contributed by atoms with E-state index in [-0.39, 0.29) is 37.0 Å². The molecule has 2 heterocycles. The van der Waals surface area contributed by atoms with E-state index in [1.807, 2.05) is 0 Å². The molecular formula is C19H23F2N3O4. The van der Waals surface area contributed by atoms with E-state index < -0.39 is 23.8 Å². The topological polar surface area (TPSA) is 82.1 Å². The van der Waals surface area contributed by atoms with Gasteiger partial charge in [-0.05, 0) is 24.2 Å². The quantitative estimate of drug-likeness (QED) is 0.763. The zero-order chi connectivity index (χ0) is 20.0. The SMILES string of the molecule is CC(=O)NCC1CN(c2cc(F)c(N3CC4C(CCO)C4C3)c(F)c2)C(=O)O1. The molecule has 0 bridgehead atoms. The van der Waals surface area contributed by atoms with Crippen molar-refractivity contribution in [1.82, 2.24) is 5.32 Å². The van der Waals surface area contributed by atoms with Crippen LogP contribution in [-0.4, -0.2) is 56.0 Å². The molecule has 2 aliphatic heterocycles. The van der Waals surface area contributed by atoms with Gasteiger partial charge in [0.2, 0.25) is 5.91 Å². The number of benzene rings is 1. The number of aliphatic hydroxyl groups is 1.